The van der Waals surface area contributed by atoms with Crippen LogP contribution in [0.2, 0.25) is 0 Å². The summed E-state index contributed by atoms with van der Waals surface area (Å²) < 4.78 is 79.0. The number of anilines is 2. The summed E-state index contributed by atoms with van der Waals surface area (Å²) in [4.78, 5) is 7.01. The van der Waals surface area contributed by atoms with E-state index in [1.54, 1.807) is 6.92 Å². The quantitative estimate of drug-likeness (QED) is 0.453. The molecular formula is C19H20F4N6O3S. The van der Waals surface area contributed by atoms with Gasteiger partial charge in [-0.05, 0) is 39.0 Å². The lowest BCUT2D eigenvalue weighted by Crippen LogP contribution is -2.31. The van der Waals surface area contributed by atoms with Gasteiger partial charge in [0, 0.05) is 18.0 Å². The largest absolute Gasteiger partial charge is 0.419 e. The molecule has 1 atom stereocenters. The molecule has 0 aliphatic rings. The van der Waals surface area contributed by atoms with Crippen LogP contribution in [0.3, 0.4) is 0 Å². The minimum absolute atomic E-state index is 0.00563. The Labute approximate surface area is 186 Å². The molecule has 2 heterocycles. The van der Waals surface area contributed by atoms with Crippen molar-refractivity contribution in [2.45, 2.75) is 43.5 Å². The van der Waals surface area contributed by atoms with Crippen molar-refractivity contribution in [2.24, 2.45) is 5.14 Å². The van der Waals surface area contributed by atoms with Crippen LogP contribution in [-0.2, 0) is 16.2 Å². The van der Waals surface area contributed by atoms with Gasteiger partial charge in [0.2, 0.25) is 16.0 Å². The molecule has 9 nitrogen and oxygen atoms in total. The van der Waals surface area contributed by atoms with E-state index in [0.29, 0.717) is 12.3 Å². The fraction of sp³-hybridized carbons (Fsp3) is 0.316. The minimum atomic E-state index is -4.79. The Morgan fingerprint density at radius 2 is 1.88 bits per heavy atom. The number of benzene rings is 1. The summed E-state index contributed by atoms with van der Waals surface area (Å²) in [5.41, 5.74) is -3.15. The fourth-order valence-corrected chi connectivity index (χ4v) is 3.29. The number of nitrogens with zero attached hydrogens (tertiary/aromatic N) is 4. The van der Waals surface area contributed by atoms with Gasteiger partial charge in [0.25, 0.3) is 0 Å². The maximum Gasteiger partial charge on any atom is 0.419 e. The highest BCUT2D eigenvalue weighted by Gasteiger charge is 2.36. The first-order valence-corrected chi connectivity index (χ1v) is 10.9. The van der Waals surface area contributed by atoms with E-state index in [1.165, 1.54) is 24.7 Å². The second-order valence-electron chi connectivity index (χ2n) is 7.80. The molecule has 2 aromatic heterocycles. The molecule has 3 rings (SSSR count). The number of sulfonamides is 1. The lowest BCUT2D eigenvalue weighted by atomic mass is 10.0. The molecule has 178 valence electrons. The molecule has 0 radical (unpaired) electrons. The molecule has 0 aliphatic heterocycles. The number of alkyl halides is 3. The summed E-state index contributed by atoms with van der Waals surface area (Å²) >= 11 is 0. The van der Waals surface area contributed by atoms with Gasteiger partial charge in [-0.25, -0.2) is 27.9 Å². The monoisotopic (exact) mass is 488 g/mol. The van der Waals surface area contributed by atoms with Gasteiger partial charge in [0.05, 0.1) is 34.1 Å². The van der Waals surface area contributed by atoms with Crippen LogP contribution in [0.25, 0.3) is 11.3 Å². The number of aromatic nitrogens is 4. The van der Waals surface area contributed by atoms with Gasteiger partial charge < -0.3 is 10.4 Å². The third-order valence-corrected chi connectivity index (χ3v) is 5.81. The Hall–Kier alpha value is -3.10. The zero-order chi connectivity index (χ0) is 24.8. The summed E-state index contributed by atoms with van der Waals surface area (Å²) in [6.45, 7) is 4.70. The number of halogens is 4. The van der Waals surface area contributed by atoms with Gasteiger partial charge in [0.1, 0.15) is 11.4 Å². The molecule has 0 spiro atoms. The molecule has 14 heteroatoms. The number of rotatable bonds is 6. The molecular weight excluding hydrogens is 468 g/mol. The number of nitrogens with one attached hydrogen (secondary N) is 1. The molecule has 0 amide bonds. The van der Waals surface area contributed by atoms with Crippen molar-refractivity contribution in [3.63, 3.8) is 0 Å². The smallest absolute Gasteiger partial charge is 0.388 e. The van der Waals surface area contributed by atoms with Gasteiger partial charge >= 0.3 is 6.18 Å². The molecule has 3 aromatic rings. The van der Waals surface area contributed by atoms with Crippen LogP contribution in [0.1, 0.15) is 32.4 Å². The molecule has 33 heavy (non-hydrogen) atoms. The first-order chi connectivity index (χ1) is 15.1. The van der Waals surface area contributed by atoms with Gasteiger partial charge in [-0.3, -0.25) is 4.68 Å². The van der Waals surface area contributed by atoms with E-state index in [4.69, 9.17) is 5.14 Å². The highest BCUT2D eigenvalue weighted by atomic mass is 32.2. The Morgan fingerprint density at radius 3 is 2.42 bits per heavy atom. The van der Waals surface area contributed by atoms with Crippen LogP contribution >= 0.6 is 0 Å². The number of nitrogens with two attached hydrogens (primary N) is 1. The molecule has 0 bridgehead atoms. The summed E-state index contributed by atoms with van der Waals surface area (Å²) in [7, 11) is -4.15. The zero-order valence-electron chi connectivity index (χ0n) is 17.6. The molecule has 1 aromatic carbocycles. The normalized spacial score (nSPS) is 13.7. The topological polar surface area (TPSA) is 136 Å². The van der Waals surface area contributed by atoms with E-state index in [9.17, 15) is 31.1 Å². The third-order valence-electron chi connectivity index (χ3n) is 4.90. The number of hydrogen-bond donors (Lipinski definition) is 3. The first kappa shape index (κ1) is 24.5. The standard InChI is InChI=1S/C19H20F4N6O3S/c1-10(18(2,3)30)29-9-11(7-26-29)16-13(19(21,22)23)8-25-17(28-16)27-15-5-4-12(6-14(15)20)33(24,31)32/h4-10,30H,1-3H3,(H2,24,31,32)(H,25,27,28)/t10-/m1/s1. The summed E-state index contributed by atoms with van der Waals surface area (Å²) in [5, 5.41) is 21.5. The van der Waals surface area contributed by atoms with E-state index >= 15 is 0 Å². The van der Waals surface area contributed by atoms with E-state index in [2.05, 4.69) is 20.4 Å². The Bertz CT molecular complexity index is 1290. The predicted octanol–water partition coefficient (Wildman–Crippen LogP) is 3.22. The van der Waals surface area contributed by atoms with Crippen molar-refractivity contribution in [3.05, 3.63) is 48.2 Å². The Balaban J connectivity index is 2.03. The SMILES string of the molecule is C[C@@H](n1cc(-c2nc(Nc3ccc(S(N)(=O)=O)cc3F)ncc2C(F)(F)F)cn1)C(C)(C)O. The maximum atomic E-state index is 14.3. The van der Waals surface area contributed by atoms with Crippen LogP contribution in [-0.4, -0.2) is 38.9 Å². The van der Waals surface area contributed by atoms with Crippen molar-refractivity contribution >= 4 is 21.7 Å². The van der Waals surface area contributed by atoms with Crippen LogP contribution < -0.4 is 10.5 Å². The second kappa shape index (κ2) is 8.35. The van der Waals surface area contributed by atoms with Crippen LogP contribution in [0.4, 0.5) is 29.2 Å². The fourth-order valence-electron chi connectivity index (χ4n) is 2.76. The number of aliphatic hydroxyl groups is 1. The van der Waals surface area contributed by atoms with E-state index in [0.717, 1.165) is 18.3 Å². The highest BCUT2D eigenvalue weighted by Crippen LogP contribution is 2.37. The predicted molar refractivity (Wildman–Crippen MR) is 110 cm³/mol. The summed E-state index contributed by atoms with van der Waals surface area (Å²) in [5.74, 6) is -1.40. The van der Waals surface area contributed by atoms with E-state index < -0.39 is 49.8 Å². The van der Waals surface area contributed by atoms with E-state index in [-0.39, 0.29) is 17.2 Å². The average Bonchev–Trinajstić information content (AvgIpc) is 3.16. The molecule has 0 fully saturated rings. The third kappa shape index (κ3) is 5.46. The molecule has 0 saturated carbocycles. The Morgan fingerprint density at radius 1 is 1.21 bits per heavy atom. The average molecular weight is 488 g/mol. The van der Waals surface area contributed by atoms with Crippen molar-refractivity contribution in [3.8, 4) is 11.3 Å². The maximum absolute atomic E-state index is 14.3. The van der Waals surface area contributed by atoms with Gasteiger partial charge in [-0.2, -0.15) is 18.3 Å². The molecule has 0 saturated heterocycles. The van der Waals surface area contributed by atoms with Crippen molar-refractivity contribution in [2.75, 3.05) is 5.32 Å². The summed E-state index contributed by atoms with van der Waals surface area (Å²) in [6.07, 6.45) is -1.80. The zero-order valence-corrected chi connectivity index (χ0v) is 18.4. The van der Waals surface area contributed by atoms with Crippen LogP contribution in [0, 0.1) is 5.82 Å². The summed E-state index contributed by atoms with van der Waals surface area (Å²) in [6, 6.07) is 2.16. The van der Waals surface area contributed by atoms with Crippen molar-refractivity contribution in [1.82, 2.24) is 19.7 Å². The lowest BCUT2D eigenvalue weighted by molar-refractivity contribution is -0.137. The molecule has 0 aliphatic carbocycles. The second-order valence-corrected chi connectivity index (χ2v) is 9.37. The lowest BCUT2D eigenvalue weighted by Gasteiger charge is -2.25. The first-order valence-electron chi connectivity index (χ1n) is 9.38. The van der Waals surface area contributed by atoms with Gasteiger partial charge in [0.15, 0.2) is 0 Å². The molecule has 4 N–H and O–H groups in total. The van der Waals surface area contributed by atoms with Crippen molar-refractivity contribution in [1.29, 1.82) is 0 Å². The number of primary sulfonamides is 1. The van der Waals surface area contributed by atoms with Gasteiger partial charge in [-0.15, -0.1) is 0 Å². The number of hydrogen-bond acceptors (Lipinski definition) is 7. The highest BCUT2D eigenvalue weighted by molar-refractivity contribution is 7.89. The van der Waals surface area contributed by atoms with Crippen molar-refractivity contribution < 1.29 is 31.1 Å². The van der Waals surface area contributed by atoms with E-state index in [1.807, 2.05) is 0 Å². The minimum Gasteiger partial charge on any atom is -0.388 e. The van der Waals surface area contributed by atoms with Crippen LogP contribution in [0.15, 0.2) is 41.7 Å². The molecule has 0 unspecified atom stereocenters. The van der Waals surface area contributed by atoms with Crippen LogP contribution in [0.5, 0.6) is 0 Å². The van der Waals surface area contributed by atoms with Gasteiger partial charge in [-0.1, -0.05) is 0 Å². The Kier molecular flexibility index (Phi) is 6.21.